The van der Waals surface area contributed by atoms with Crippen LogP contribution in [0.4, 0.5) is 4.39 Å². The lowest BCUT2D eigenvalue weighted by Gasteiger charge is -2.27. The minimum Gasteiger partial charge on any atom is -0.492 e. The number of morpholine rings is 1. The van der Waals surface area contributed by atoms with Crippen molar-refractivity contribution >= 4 is 16.0 Å². The number of sulfonamides is 1. The lowest BCUT2D eigenvalue weighted by molar-refractivity contribution is -0.136. The van der Waals surface area contributed by atoms with Gasteiger partial charge in [-0.2, -0.15) is 4.31 Å². The molecule has 1 aromatic rings. The Balaban J connectivity index is 2.51. The van der Waals surface area contributed by atoms with Gasteiger partial charge in [-0.1, -0.05) is 0 Å². The monoisotopic (exact) mass is 333 g/mol. The van der Waals surface area contributed by atoms with Gasteiger partial charge in [0.15, 0.2) is 11.6 Å². The zero-order valence-corrected chi connectivity index (χ0v) is 12.7. The summed E-state index contributed by atoms with van der Waals surface area (Å²) in [6, 6.07) is 2.10. The molecule has 22 heavy (non-hydrogen) atoms. The maximum absolute atomic E-state index is 14.0. The summed E-state index contributed by atoms with van der Waals surface area (Å²) < 4.78 is 50.4. The van der Waals surface area contributed by atoms with E-state index in [4.69, 9.17) is 14.6 Å². The first-order chi connectivity index (χ1) is 10.4. The molecule has 0 bridgehead atoms. The molecule has 0 atom stereocenters. The number of hydrogen-bond acceptors (Lipinski definition) is 5. The maximum atomic E-state index is 14.0. The number of carbonyl (C=O) groups is 1. The molecule has 1 heterocycles. The van der Waals surface area contributed by atoms with Crippen LogP contribution in [0.5, 0.6) is 5.75 Å². The number of halogens is 1. The van der Waals surface area contributed by atoms with E-state index in [0.717, 1.165) is 19.2 Å². The highest BCUT2D eigenvalue weighted by Crippen LogP contribution is 2.31. The fourth-order valence-electron chi connectivity index (χ4n) is 2.21. The summed E-state index contributed by atoms with van der Waals surface area (Å²) >= 11 is 0. The van der Waals surface area contributed by atoms with E-state index in [1.807, 2.05) is 0 Å². The summed E-state index contributed by atoms with van der Waals surface area (Å²) in [6.45, 7) is 0.796. The highest BCUT2D eigenvalue weighted by molar-refractivity contribution is 7.89. The van der Waals surface area contributed by atoms with E-state index in [1.54, 1.807) is 0 Å². The standard InChI is InChI=1S/C13H16FNO6S/c1-20-13-10(14)6-9(8-12(16)17)7-11(13)22(18,19)15-2-4-21-5-3-15/h6-7H,2-5,8H2,1H3,(H,16,17). The van der Waals surface area contributed by atoms with Crippen LogP contribution in [0, 0.1) is 5.82 Å². The molecule has 1 aliphatic rings. The maximum Gasteiger partial charge on any atom is 0.307 e. The van der Waals surface area contributed by atoms with Crippen LogP contribution in [-0.2, 0) is 26.0 Å². The van der Waals surface area contributed by atoms with Crippen LogP contribution in [0.1, 0.15) is 5.56 Å². The van der Waals surface area contributed by atoms with Crippen molar-refractivity contribution in [3.05, 3.63) is 23.5 Å². The van der Waals surface area contributed by atoms with Gasteiger partial charge in [-0.05, 0) is 17.7 Å². The van der Waals surface area contributed by atoms with Gasteiger partial charge in [0.05, 0.1) is 26.7 Å². The summed E-state index contributed by atoms with van der Waals surface area (Å²) in [4.78, 5) is 10.4. The minimum absolute atomic E-state index is 0.0534. The molecular weight excluding hydrogens is 317 g/mol. The van der Waals surface area contributed by atoms with E-state index >= 15 is 0 Å². The quantitative estimate of drug-likeness (QED) is 0.842. The zero-order valence-electron chi connectivity index (χ0n) is 11.9. The van der Waals surface area contributed by atoms with Crippen molar-refractivity contribution in [3.8, 4) is 5.75 Å². The van der Waals surface area contributed by atoms with Crippen LogP contribution in [0.15, 0.2) is 17.0 Å². The second-order valence-electron chi connectivity index (χ2n) is 4.70. The van der Waals surface area contributed by atoms with E-state index in [0.29, 0.717) is 0 Å². The Labute approximate surface area is 127 Å². The van der Waals surface area contributed by atoms with Gasteiger partial charge in [-0.25, -0.2) is 12.8 Å². The highest BCUT2D eigenvalue weighted by Gasteiger charge is 2.31. The Morgan fingerprint density at radius 1 is 1.41 bits per heavy atom. The lowest BCUT2D eigenvalue weighted by Crippen LogP contribution is -2.40. The molecule has 2 rings (SSSR count). The van der Waals surface area contributed by atoms with E-state index < -0.39 is 34.0 Å². The number of nitrogens with zero attached hydrogens (tertiary/aromatic N) is 1. The van der Waals surface area contributed by atoms with Crippen molar-refractivity contribution in [3.63, 3.8) is 0 Å². The molecule has 9 heteroatoms. The average molecular weight is 333 g/mol. The van der Waals surface area contributed by atoms with Crippen molar-refractivity contribution in [1.82, 2.24) is 4.31 Å². The van der Waals surface area contributed by atoms with Crippen LogP contribution in [-0.4, -0.2) is 57.2 Å². The molecule has 0 radical (unpaired) electrons. The molecule has 122 valence electrons. The number of ether oxygens (including phenoxy) is 2. The second-order valence-corrected chi connectivity index (χ2v) is 6.60. The fraction of sp³-hybridized carbons (Fsp3) is 0.462. The van der Waals surface area contributed by atoms with Crippen molar-refractivity contribution in [2.24, 2.45) is 0 Å². The third-order valence-electron chi connectivity index (χ3n) is 3.22. The third-order valence-corrected chi connectivity index (χ3v) is 5.12. The van der Waals surface area contributed by atoms with Crippen LogP contribution < -0.4 is 4.74 Å². The number of benzene rings is 1. The zero-order chi connectivity index (χ0) is 16.3. The summed E-state index contributed by atoms with van der Waals surface area (Å²) in [6.07, 6.45) is -0.480. The van der Waals surface area contributed by atoms with Crippen molar-refractivity contribution in [1.29, 1.82) is 0 Å². The average Bonchev–Trinajstić information content (AvgIpc) is 2.47. The topological polar surface area (TPSA) is 93.1 Å². The van der Waals surface area contributed by atoms with Crippen molar-refractivity contribution in [2.75, 3.05) is 33.4 Å². The van der Waals surface area contributed by atoms with Gasteiger partial charge in [0, 0.05) is 13.1 Å². The molecule has 1 fully saturated rings. The number of carboxylic acid groups (broad SMARTS) is 1. The van der Waals surface area contributed by atoms with Crippen molar-refractivity contribution < 1.29 is 32.2 Å². The molecule has 0 unspecified atom stereocenters. The molecular formula is C13H16FNO6S. The smallest absolute Gasteiger partial charge is 0.307 e. The number of rotatable bonds is 5. The van der Waals surface area contributed by atoms with Crippen LogP contribution in [0.2, 0.25) is 0 Å². The predicted molar refractivity (Wildman–Crippen MR) is 73.9 cm³/mol. The fourth-order valence-corrected chi connectivity index (χ4v) is 3.84. The molecule has 0 saturated carbocycles. The first-order valence-corrected chi connectivity index (χ1v) is 7.96. The Kier molecular flexibility index (Phi) is 4.99. The molecule has 7 nitrogen and oxygen atoms in total. The second kappa shape index (κ2) is 6.59. The third kappa shape index (κ3) is 3.37. The SMILES string of the molecule is COc1c(F)cc(CC(=O)O)cc1S(=O)(=O)N1CCOCC1. The van der Waals surface area contributed by atoms with Crippen molar-refractivity contribution in [2.45, 2.75) is 11.3 Å². The number of hydrogen-bond donors (Lipinski definition) is 1. The minimum atomic E-state index is -3.99. The molecule has 1 N–H and O–H groups in total. The summed E-state index contributed by atoms with van der Waals surface area (Å²) in [7, 11) is -2.83. The van der Waals surface area contributed by atoms with Crippen LogP contribution >= 0.6 is 0 Å². The Morgan fingerprint density at radius 2 is 2.05 bits per heavy atom. The Hall–Kier alpha value is -1.71. The lowest BCUT2D eigenvalue weighted by atomic mass is 10.1. The first kappa shape index (κ1) is 16.7. The van der Waals surface area contributed by atoms with E-state index in [-0.39, 0.29) is 36.8 Å². The molecule has 0 amide bonds. The van der Waals surface area contributed by atoms with Gasteiger partial charge in [-0.3, -0.25) is 4.79 Å². The molecule has 0 spiro atoms. The van der Waals surface area contributed by atoms with E-state index in [1.165, 1.54) is 4.31 Å². The van der Waals surface area contributed by atoms with Gasteiger partial charge < -0.3 is 14.6 Å². The summed E-state index contributed by atoms with van der Waals surface area (Å²) in [5, 5.41) is 8.80. The van der Waals surface area contributed by atoms with Gasteiger partial charge in [0.25, 0.3) is 0 Å². The van der Waals surface area contributed by atoms with Gasteiger partial charge in [0.2, 0.25) is 10.0 Å². The Bertz CT molecular complexity index is 669. The molecule has 1 aromatic carbocycles. The predicted octanol–water partition coefficient (Wildman–Crippen LogP) is 0.482. The number of methoxy groups -OCH3 is 1. The first-order valence-electron chi connectivity index (χ1n) is 6.52. The summed E-state index contributed by atoms with van der Waals surface area (Å²) in [5.41, 5.74) is 0.0534. The van der Waals surface area contributed by atoms with Gasteiger partial charge >= 0.3 is 5.97 Å². The molecule has 1 aliphatic heterocycles. The van der Waals surface area contributed by atoms with Crippen LogP contribution in [0.25, 0.3) is 0 Å². The summed E-state index contributed by atoms with van der Waals surface area (Å²) in [5.74, 6) is -2.51. The number of carboxylic acids is 1. The Morgan fingerprint density at radius 3 is 2.59 bits per heavy atom. The van der Waals surface area contributed by atoms with Gasteiger partial charge in [-0.15, -0.1) is 0 Å². The highest BCUT2D eigenvalue weighted by atomic mass is 32.2. The largest absolute Gasteiger partial charge is 0.492 e. The number of aliphatic carboxylic acids is 1. The molecule has 0 aliphatic carbocycles. The van der Waals surface area contributed by atoms with E-state index in [2.05, 4.69) is 0 Å². The molecule has 0 aromatic heterocycles. The van der Waals surface area contributed by atoms with Crippen LogP contribution in [0.3, 0.4) is 0 Å². The van der Waals surface area contributed by atoms with E-state index in [9.17, 15) is 17.6 Å². The molecule has 1 saturated heterocycles. The normalized spacial score (nSPS) is 16.5. The van der Waals surface area contributed by atoms with Gasteiger partial charge in [0.1, 0.15) is 4.90 Å².